The van der Waals surface area contributed by atoms with Crippen LogP contribution in [0.3, 0.4) is 0 Å². The maximum atomic E-state index is 5.37. The monoisotopic (exact) mass is 169 g/mol. The van der Waals surface area contributed by atoms with Crippen LogP contribution >= 0.6 is 0 Å². The van der Waals surface area contributed by atoms with Crippen LogP contribution in [0.1, 0.15) is 25.7 Å². The second kappa shape index (κ2) is 3.75. The van der Waals surface area contributed by atoms with E-state index in [0.29, 0.717) is 0 Å². The molecular formula is C10H19NO. The van der Waals surface area contributed by atoms with Gasteiger partial charge in [0.15, 0.2) is 0 Å². The van der Waals surface area contributed by atoms with Crippen LogP contribution in [0, 0.1) is 11.8 Å². The highest BCUT2D eigenvalue weighted by Crippen LogP contribution is 2.36. The summed E-state index contributed by atoms with van der Waals surface area (Å²) in [6.07, 6.45) is 5.50. The molecule has 1 heterocycles. The third kappa shape index (κ3) is 1.99. The lowest BCUT2D eigenvalue weighted by Gasteiger charge is -2.18. The summed E-state index contributed by atoms with van der Waals surface area (Å²) in [5.74, 6) is 1.82. The molecule has 2 nitrogen and oxygen atoms in total. The Morgan fingerprint density at radius 2 is 2.25 bits per heavy atom. The minimum Gasteiger partial charge on any atom is -0.381 e. The summed E-state index contributed by atoms with van der Waals surface area (Å²) in [5, 5.41) is 3.44. The van der Waals surface area contributed by atoms with Crippen molar-refractivity contribution in [1.82, 2.24) is 5.32 Å². The molecule has 70 valence electrons. The molecule has 2 heteroatoms. The normalized spacial score (nSPS) is 32.2. The highest BCUT2D eigenvalue weighted by molar-refractivity contribution is 4.87. The molecule has 2 fully saturated rings. The van der Waals surface area contributed by atoms with Crippen molar-refractivity contribution >= 4 is 0 Å². The number of ether oxygens (including phenoxy) is 1. The van der Waals surface area contributed by atoms with Crippen molar-refractivity contribution in [2.75, 3.05) is 20.3 Å². The average molecular weight is 169 g/mol. The summed E-state index contributed by atoms with van der Waals surface area (Å²) in [7, 11) is 2.10. The Bertz CT molecular complexity index is 139. The van der Waals surface area contributed by atoms with Gasteiger partial charge in [-0.1, -0.05) is 0 Å². The standard InChI is InChI=1S/C10H19NO/c1-11-10(9-2-3-9)6-8-4-5-12-7-8/h8-11H,2-7H2,1H3. The molecule has 1 saturated heterocycles. The van der Waals surface area contributed by atoms with Gasteiger partial charge >= 0.3 is 0 Å². The van der Waals surface area contributed by atoms with Crippen LogP contribution in [0.4, 0.5) is 0 Å². The van der Waals surface area contributed by atoms with Crippen LogP contribution in [0.15, 0.2) is 0 Å². The van der Waals surface area contributed by atoms with Gasteiger partial charge < -0.3 is 10.1 Å². The van der Waals surface area contributed by atoms with Gasteiger partial charge in [0.05, 0.1) is 0 Å². The van der Waals surface area contributed by atoms with Crippen molar-refractivity contribution in [3.63, 3.8) is 0 Å². The molecule has 1 N–H and O–H groups in total. The molecule has 2 atom stereocenters. The van der Waals surface area contributed by atoms with Crippen molar-refractivity contribution in [3.8, 4) is 0 Å². The Morgan fingerprint density at radius 3 is 2.75 bits per heavy atom. The Balaban J connectivity index is 1.74. The second-order valence-electron chi connectivity index (χ2n) is 4.20. The summed E-state index contributed by atoms with van der Waals surface area (Å²) >= 11 is 0. The number of rotatable bonds is 4. The van der Waals surface area contributed by atoms with E-state index in [1.54, 1.807) is 0 Å². The fourth-order valence-corrected chi connectivity index (χ4v) is 2.17. The van der Waals surface area contributed by atoms with Gasteiger partial charge in [-0.25, -0.2) is 0 Å². The largest absolute Gasteiger partial charge is 0.381 e. The highest BCUT2D eigenvalue weighted by atomic mass is 16.5. The van der Waals surface area contributed by atoms with Crippen LogP contribution in [0.5, 0.6) is 0 Å². The predicted octanol–water partition coefficient (Wildman–Crippen LogP) is 1.41. The molecule has 0 aromatic heterocycles. The topological polar surface area (TPSA) is 21.3 Å². The van der Waals surface area contributed by atoms with E-state index >= 15 is 0 Å². The zero-order valence-electron chi connectivity index (χ0n) is 7.88. The van der Waals surface area contributed by atoms with Crippen molar-refractivity contribution in [3.05, 3.63) is 0 Å². The van der Waals surface area contributed by atoms with E-state index in [0.717, 1.165) is 31.1 Å². The van der Waals surface area contributed by atoms with E-state index in [-0.39, 0.29) is 0 Å². The quantitative estimate of drug-likeness (QED) is 0.687. The number of hydrogen-bond acceptors (Lipinski definition) is 2. The van der Waals surface area contributed by atoms with Crippen molar-refractivity contribution in [2.24, 2.45) is 11.8 Å². The Hall–Kier alpha value is -0.0800. The molecule has 12 heavy (non-hydrogen) atoms. The minimum absolute atomic E-state index is 0.775. The molecule has 1 aliphatic carbocycles. The first kappa shape index (κ1) is 8.52. The first-order chi connectivity index (χ1) is 5.90. The number of hydrogen-bond donors (Lipinski definition) is 1. The van der Waals surface area contributed by atoms with Gasteiger partial charge in [-0.15, -0.1) is 0 Å². The Labute approximate surface area is 74.7 Å². The molecule has 2 rings (SSSR count). The zero-order chi connectivity index (χ0) is 8.39. The first-order valence-electron chi connectivity index (χ1n) is 5.15. The molecule has 1 aliphatic heterocycles. The molecule has 2 aliphatic rings. The molecular weight excluding hydrogens is 150 g/mol. The van der Waals surface area contributed by atoms with E-state index in [4.69, 9.17) is 4.74 Å². The smallest absolute Gasteiger partial charge is 0.0495 e. The Morgan fingerprint density at radius 1 is 1.42 bits per heavy atom. The van der Waals surface area contributed by atoms with Gasteiger partial charge in [-0.05, 0) is 44.6 Å². The van der Waals surface area contributed by atoms with Gasteiger partial charge in [-0.2, -0.15) is 0 Å². The summed E-state index contributed by atoms with van der Waals surface area (Å²) in [5.41, 5.74) is 0. The lowest BCUT2D eigenvalue weighted by Crippen LogP contribution is -2.30. The second-order valence-corrected chi connectivity index (χ2v) is 4.20. The van der Waals surface area contributed by atoms with Crippen LogP contribution in [-0.4, -0.2) is 26.3 Å². The fraction of sp³-hybridized carbons (Fsp3) is 1.00. The van der Waals surface area contributed by atoms with Crippen LogP contribution in [0.25, 0.3) is 0 Å². The maximum Gasteiger partial charge on any atom is 0.0495 e. The number of nitrogens with one attached hydrogen (secondary N) is 1. The molecule has 0 amide bonds. The van der Waals surface area contributed by atoms with Gasteiger partial charge in [0.25, 0.3) is 0 Å². The first-order valence-corrected chi connectivity index (χ1v) is 5.15. The van der Waals surface area contributed by atoms with Gasteiger partial charge in [-0.3, -0.25) is 0 Å². The molecule has 0 bridgehead atoms. The third-order valence-electron chi connectivity index (χ3n) is 3.17. The van der Waals surface area contributed by atoms with Crippen molar-refractivity contribution in [1.29, 1.82) is 0 Å². The molecule has 0 spiro atoms. The minimum atomic E-state index is 0.775. The summed E-state index contributed by atoms with van der Waals surface area (Å²) in [6, 6.07) is 0.775. The van der Waals surface area contributed by atoms with Crippen molar-refractivity contribution in [2.45, 2.75) is 31.7 Å². The molecule has 0 aromatic rings. The van der Waals surface area contributed by atoms with E-state index in [1.807, 2.05) is 0 Å². The summed E-state index contributed by atoms with van der Waals surface area (Å²) < 4.78 is 5.37. The van der Waals surface area contributed by atoms with Crippen LogP contribution < -0.4 is 5.32 Å². The van der Waals surface area contributed by atoms with E-state index in [2.05, 4.69) is 12.4 Å². The van der Waals surface area contributed by atoms with E-state index in [1.165, 1.54) is 25.7 Å². The SMILES string of the molecule is CNC(CC1CCOC1)C1CC1. The zero-order valence-corrected chi connectivity index (χ0v) is 7.88. The lowest BCUT2D eigenvalue weighted by atomic mass is 9.96. The fourth-order valence-electron chi connectivity index (χ4n) is 2.17. The maximum absolute atomic E-state index is 5.37. The summed E-state index contributed by atoms with van der Waals surface area (Å²) in [4.78, 5) is 0. The molecule has 2 unspecified atom stereocenters. The molecule has 1 saturated carbocycles. The third-order valence-corrected chi connectivity index (χ3v) is 3.17. The highest BCUT2D eigenvalue weighted by Gasteiger charge is 2.32. The van der Waals surface area contributed by atoms with Crippen LogP contribution in [-0.2, 0) is 4.74 Å². The van der Waals surface area contributed by atoms with Gasteiger partial charge in [0.2, 0.25) is 0 Å². The average Bonchev–Trinajstić information content (AvgIpc) is 2.80. The van der Waals surface area contributed by atoms with Gasteiger partial charge in [0.1, 0.15) is 0 Å². The van der Waals surface area contributed by atoms with Gasteiger partial charge in [0, 0.05) is 19.3 Å². The molecule has 0 radical (unpaired) electrons. The molecule has 0 aromatic carbocycles. The Kier molecular flexibility index (Phi) is 2.66. The lowest BCUT2D eigenvalue weighted by molar-refractivity contribution is 0.180. The summed E-state index contributed by atoms with van der Waals surface area (Å²) in [6.45, 7) is 2.00. The van der Waals surface area contributed by atoms with E-state index < -0.39 is 0 Å². The predicted molar refractivity (Wildman–Crippen MR) is 49.1 cm³/mol. The van der Waals surface area contributed by atoms with Crippen molar-refractivity contribution < 1.29 is 4.74 Å². The van der Waals surface area contributed by atoms with E-state index in [9.17, 15) is 0 Å². The van der Waals surface area contributed by atoms with Crippen LogP contribution in [0.2, 0.25) is 0 Å².